The van der Waals surface area contributed by atoms with E-state index >= 15 is 0 Å². The number of carbonyl (C=O) groups is 4. The minimum absolute atomic E-state index is 0.0770. The number of ether oxygens (including phenoxy) is 2. The van der Waals surface area contributed by atoms with Crippen molar-refractivity contribution in [3.05, 3.63) is 46.0 Å². The Kier molecular flexibility index (Phi) is 9.32. The third-order valence-electron chi connectivity index (χ3n) is 3.76. The van der Waals surface area contributed by atoms with E-state index in [-0.39, 0.29) is 24.1 Å². The van der Waals surface area contributed by atoms with Gasteiger partial charge in [0.25, 0.3) is 5.69 Å². The lowest BCUT2D eigenvalue weighted by Gasteiger charge is -2.21. The minimum Gasteiger partial charge on any atom is -0.480 e. The topological polar surface area (TPSA) is 174 Å². The number of alkyl carbamates (subject to hydrolysis) is 1. The zero-order chi connectivity index (χ0) is 24.5. The van der Waals surface area contributed by atoms with Gasteiger partial charge in [0.1, 0.15) is 11.6 Å². The van der Waals surface area contributed by atoms with Gasteiger partial charge in [0, 0.05) is 12.5 Å². The van der Waals surface area contributed by atoms with Crippen molar-refractivity contribution in [3.8, 4) is 0 Å². The van der Waals surface area contributed by atoms with Crippen molar-refractivity contribution in [1.29, 1.82) is 0 Å². The molecule has 1 atom stereocenters. The highest BCUT2D eigenvalue weighted by Crippen LogP contribution is 2.25. The van der Waals surface area contributed by atoms with Crippen LogP contribution in [0.2, 0.25) is 0 Å². The van der Waals surface area contributed by atoms with Crippen LogP contribution in [0.15, 0.2) is 30.4 Å². The largest absolute Gasteiger partial charge is 0.480 e. The summed E-state index contributed by atoms with van der Waals surface area (Å²) in [7, 11) is 1.13. The number of carbonyl (C=O) groups excluding carboxylic acids is 3. The molecule has 3 N–H and O–H groups in total. The van der Waals surface area contributed by atoms with Crippen LogP contribution < -0.4 is 10.6 Å². The molecule has 0 aliphatic heterocycles. The average Bonchev–Trinajstić information content (AvgIpc) is 2.68. The molecule has 0 bridgehead atoms. The molecule has 32 heavy (non-hydrogen) atoms. The number of ketones is 1. The van der Waals surface area contributed by atoms with Gasteiger partial charge in [-0.25, -0.2) is 14.4 Å². The Morgan fingerprint density at radius 3 is 2.38 bits per heavy atom. The molecule has 0 heterocycles. The molecular formula is C20H25N3O9. The molecule has 0 aliphatic rings. The Morgan fingerprint density at radius 2 is 1.84 bits per heavy atom. The number of allylic oxidation sites excluding steroid dienone is 1. The summed E-state index contributed by atoms with van der Waals surface area (Å²) in [6.45, 7) is 4.89. The number of nitrogens with one attached hydrogen (secondary N) is 2. The van der Waals surface area contributed by atoms with Crippen molar-refractivity contribution in [1.82, 2.24) is 5.32 Å². The highest BCUT2D eigenvalue weighted by Gasteiger charge is 2.23. The van der Waals surface area contributed by atoms with Crippen LogP contribution in [0.5, 0.6) is 0 Å². The molecule has 12 nitrogen and oxygen atoms in total. The van der Waals surface area contributed by atoms with Crippen LogP contribution >= 0.6 is 0 Å². The molecule has 0 spiro atoms. The summed E-state index contributed by atoms with van der Waals surface area (Å²) in [4.78, 5) is 57.2. The number of amides is 2. The normalized spacial score (nSPS) is 12.0. The molecule has 0 radical (unpaired) electrons. The van der Waals surface area contributed by atoms with Gasteiger partial charge in [-0.1, -0.05) is 12.2 Å². The molecule has 1 aromatic carbocycles. The number of anilines is 1. The molecule has 0 aliphatic carbocycles. The zero-order valence-corrected chi connectivity index (χ0v) is 18.0. The van der Waals surface area contributed by atoms with E-state index in [0.717, 1.165) is 13.2 Å². The summed E-state index contributed by atoms with van der Waals surface area (Å²) in [6.07, 6.45) is 0.613. The molecule has 1 unspecified atom stereocenters. The molecular weight excluding hydrogens is 426 g/mol. The second-order valence-corrected chi connectivity index (χ2v) is 7.48. The Labute approximate surface area is 183 Å². The first-order chi connectivity index (χ1) is 14.8. The number of Topliss-reactive ketones (excluding diaryl/α,β-unsaturated/α-hetero) is 1. The maximum absolute atomic E-state index is 12.4. The van der Waals surface area contributed by atoms with E-state index in [1.807, 2.05) is 0 Å². The van der Waals surface area contributed by atoms with Crippen LogP contribution in [-0.4, -0.2) is 52.7 Å². The predicted molar refractivity (Wildman–Crippen MR) is 113 cm³/mol. The number of methoxy groups -OCH3 is 1. The lowest BCUT2D eigenvalue weighted by molar-refractivity contribution is -0.385. The van der Waals surface area contributed by atoms with Gasteiger partial charge in [-0.15, -0.1) is 0 Å². The van der Waals surface area contributed by atoms with Gasteiger partial charge in [0.2, 0.25) is 0 Å². The fraction of sp³-hybridized carbons (Fsp3) is 0.400. The second-order valence-electron chi connectivity index (χ2n) is 7.48. The number of carboxylic acid groups (broad SMARTS) is 1. The highest BCUT2D eigenvalue weighted by atomic mass is 16.6. The molecule has 0 aromatic heterocycles. The number of nitro groups is 1. The average molecular weight is 451 g/mol. The van der Waals surface area contributed by atoms with E-state index in [9.17, 15) is 34.4 Å². The molecule has 1 rings (SSSR count). The monoisotopic (exact) mass is 451 g/mol. The fourth-order valence-electron chi connectivity index (χ4n) is 2.37. The molecule has 1 aromatic rings. The van der Waals surface area contributed by atoms with Gasteiger partial charge in [0.15, 0.2) is 5.78 Å². The van der Waals surface area contributed by atoms with E-state index in [0.29, 0.717) is 0 Å². The van der Waals surface area contributed by atoms with Crippen LogP contribution in [0.1, 0.15) is 44.0 Å². The number of hydrogen-bond acceptors (Lipinski definition) is 8. The van der Waals surface area contributed by atoms with Gasteiger partial charge in [-0.3, -0.25) is 20.2 Å². The van der Waals surface area contributed by atoms with Crippen molar-refractivity contribution >= 4 is 35.3 Å². The van der Waals surface area contributed by atoms with Gasteiger partial charge in [-0.05, 0) is 39.3 Å². The first kappa shape index (κ1) is 26.1. The standard InChI is InChI=1S/C20H25N3O9/c1-20(2,3)32-19(28)22-14(17(25)26)7-5-6-8-16(24)13-10-9-12(21-18(27)31-4)11-15(13)23(29)30/h5-6,9-11,14H,7-8H2,1-4H3,(H,21,27)(H,22,28)(H,25,26). The first-order valence-electron chi connectivity index (χ1n) is 9.38. The number of hydrogen-bond donors (Lipinski definition) is 3. The van der Waals surface area contributed by atoms with Crippen LogP contribution in [0, 0.1) is 10.1 Å². The van der Waals surface area contributed by atoms with Crippen LogP contribution in [0.25, 0.3) is 0 Å². The summed E-state index contributed by atoms with van der Waals surface area (Å²) < 4.78 is 9.42. The van der Waals surface area contributed by atoms with Crippen molar-refractivity contribution < 1.29 is 38.7 Å². The number of rotatable bonds is 9. The lowest BCUT2D eigenvalue weighted by Crippen LogP contribution is -2.43. The van der Waals surface area contributed by atoms with E-state index in [2.05, 4.69) is 15.4 Å². The number of aliphatic carboxylic acids is 1. The van der Waals surface area contributed by atoms with Gasteiger partial charge < -0.3 is 19.9 Å². The zero-order valence-electron chi connectivity index (χ0n) is 18.0. The number of benzene rings is 1. The van der Waals surface area contributed by atoms with Crippen LogP contribution in [-0.2, 0) is 14.3 Å². The Bertz CT molecular complexity index is 919. The summed E-state index contributed by atoms with van der Waals surface area (Å²) in [5, 5.41) is 25.0. The van der Waals surface area contributed by atoms with Crippen molar-refractivity contribution in [3.63, 3.8) is 0 Å². The highest BCUT2D eigenvalue weighted by molar-refractivity contribution is 6.01. The molecule has 174 valence electrons. The summed E-state index contributed by atoms with van der Waals surface area (Å²) >= 11 is 0. The maximum Gasteiger partial charge on any atom is 0.411 e. The Morgan fingerprint density at radius 1 is 1.19 bits per heavy atom. The maximum atomic E-state index is 12.4. The van der Waals surface area contributed by atoms with Crippen LogP contribution in [0.3, 0.4) is 0 Å². The second kappa shape index (κ2) is 11.4. The van der Waals surface area contributed by atoms with Gasteiger partial charge in [-0.2, -0.15) is 0 Å². The summed E-state index contributed by atoms with van der Waals surface area (Å²) in [5.41, 5.74) is -1.41. The summed E-state index contributed by atoms with van der Waals surface area (Å²) in [5.74, 6) is -1.89. The van der Waals surface area contributed by atoms with Gasteiger partial charge >= 0.3 is 18.2 Å². The van der Waals surface area contributed by atoms with Crippen molar-refractivity contribution in [2.45, 2.75) is 45.3 Å². The Hall–Kier alpha value is -3.96. The lowest BCUT2D eigenvalue weighted by atomic mass is 10.0. The molecule has 0 saturated carbocycles. The molecule has 0 saturated heterocycles. The first-order valence-corrected chi connectivity index (χ1v) is 9.38. The third kappa shape index (κ3) is 8.81. The smallest absolute Gasteiger partial charge is 0.411 e. The quantitative estimate of drug-likeness (QED) is 0.220. The fourth-order valence-corrected chi connectivity index (χ4v) is 2.37. The molecule has 2 amide bonds. The summed E-state index contributed by atoms with van der Waals surface area (Å²) in [6, 6.07) is 2.25. The van der Waals surface area contributed by atoms with Gasteiger partial charge in [0.05, 0.1) is 23.3 Å². The molecule has 0 fully saturated rings. The number of carboxylic acids is 1. The Balaban J connectivity index is 2.81. The minimum atomic E-state index is -1.30. The van der Waals surface area contributed by atoms with Crippen LogP contribution in [0.4, 0.5) is 21.0 Å². The van der Waals surface area contributed by atoms with E-state index in [1.54, 1.807) is 20.8 Å². The van der Waals surface area contributed by atoms with E-state index in [1.165, 1.54) is 24.3 Å². The SMILES string of the molecule is COC(=O)Nc1ccc(C(=O)CC=CCC(NC(=O)OC(C)(C)C)C(=O)O)c([N+](=O)[O-])c1. The third-order valence-corrected chi connectivity index (χ3v) is 3.76. The van der Waals surface area contributed by atoms with Crippen molar-refractivity contribution in [2.75, 3.05) is 12.4 Å². The van der Waals surface area contributed by atoms with E-state index in [4.69, 9.17) is 4.74 Å². The number of nitrogens with zero attached hydrogens (tertiary/aromatic N) is 1. The van der Waals surface area contributed by atoms with E-state index < -0.39 is 46.2 Å². The molecule has 12 heteroatoms. The number of nitro benzene ring substituents is 1. The predicted octanol–water partition coefficient (Wildman–Crippen LogP) is 3.27. The van der Waals surface area contributed by atoms with Crippen molar-refractivity contribution in [2.24, 2.45) is 0 Å².